The van der Waals surface area contributed by atoms with Gasteiger partial charge < -0.3 is 4.90 Å². The molecule has 1 amide bonds. The normalized spacial score (nSPS) is 14.5. The van der Waals surface area contributed by atoms with Gasteiger partial charge in [0.05, 0.1) is 0 Å². The number of amides is 1. The number of hydrogen-bond acceptors (Lipinski definition) is 3. The molecule has 0 N–H and O–H groups in total. The van der Waals surface area contributed by atoms with Gasteiger partial charge >= 0.3 is 0 Å². The largest absolute Gasteiger partial charge is 0.338 e. The van der Waals surface area contributed by atoms with Gasteiger partial charge in [-0.05, 0) is 37.1 Å². The number of halogens is 1. The molecule has 0 saturated heterocycles. The number of aryl methyl sites for hydroxylation is 1. The molecule has 1 aliphatic heterocycles. The minimum Gasteiger partial charge on any atom is -0.338 e. The van der Waals surface area contributed by atoms with E-state index in [1.54, 1.807) is 23.4 Å². The molecule has 0 unspecified atom stereocenters. The lowest BCUT2D eigenvalue weighted by atomic mass is 10.1. The summed E-state index contributed by atoms with van der Waals surface area (Å²) in [5.74, 6) is -0.520. The van der Waals surface area contributed by atoms with Crippen LogP contribution in [-0.2, 0) is 12.8 Å². The van der Waals surface area contributed by atoms with E-state index in [0.717, 1.165) is 23.4 Å². The van der Waals surface area contributed by atoms with Gasteiger partial charge in [-0.3, -0.25) is 4.79 Å². The Morgan fingerprint density at radius 3 is 2.86 bits per heavy atom. The smallest absolute Gasteiger partial charge is 0.253 e. The predicted molar refractivity (Wildman–Crippen MR) is 76.5 cm³/mol. The van der Waals surface area contributed by atoms with E-state index in [1.807, 2.05) is 6.92 Å². The molecule has 1 aromatic carbocycles. The number of nitrogens with zero attached hydrogens (tertiary/aromatic N) is 3. The average Bonchev–Trinajstić information content (AvgIpc) is 2.70. The Bertz CT molecular complexity index is 687. The van der Waals surface area contributed by atoms with E-state index >= 15 is 0 Å². The highest BCUT2D eigenvalue weighted by atomic mass is 19.1. The number of fused-ring (bicyclic) bond motifs is 1. The van der Waals surface area contributed by atoms with E-state index in [1.165, 1.54) is 12.1 Å². The minimum atomic E-state index is -0.388. The number of benzene rings is 1. The van der Waals surface area contributed by atoms with Crippen molar-refractivity contribution in [3.63, 3.8) is 0 Å². The molecule has 0 aliphatic carbocycles. The van der Waals surface area contributed by atoms with Crippen LogP contribution in [0.25, 0.3) is 0 Å². The molecule has 0 radical (unpaired) electrons. The summed E-state index contributed by atoms with van der Waals surface area (Å²) in [6.45, 7) is 3.17. The Balaban J connectivity index is 1.81. The summed E-state index contributed by atoms with van der Waals surface area (Å²) in [5.41, 5.74) is 3.51. The highest BCUT2D eigenvalue weighted by Gasteiger charge is 2.21. The first kappa shape index (κ1) is 13.7. The molecular weight excluding hydrogens is 269 g/mol. The quantitative estimate of drug-likeness (QED) is 0.806. The van der Waals surface area contributed by atoms with Crippen molar-refractivity contribution in [2.45, 2.75) is 19.8 Å². The predicted octanol–water partition coefficient (Wildman–Crippen LogP) is 2.17. The van der Waals surface area contributed by atoms with Crippen molar-refractivity contribution >= 4 is 5.91 Å². The molecule has 108 valence electrons. The van der Waals surface area contributed by atoms with Crippen LogP contribution in [-0.4, -0.2) is 33.9 Å². The van der Waals surface area contributed by atoms with Crippen LogP contribution in [0.3, 0.4) is 0 Å². The summed E-state index contributed by atoms with van der Waals surface area (Å²) in [4.78, 5) is 22.7. The van der Waals surface area contributed by atoms with Crippen molar-refractivity contribution in [3.05, 3.63) is 58.9 Å². The van der Waals surface area contributed by atoms with Crippen LogP contribution in [0.1, 0.15) is 27.3 Å². The number of rotatable bonds is 1. The first-order valence-electron chi connectivity index (χ1n) is 6.99. The highest BCUT2D eigenvalue weighted by molar-refractivity contribution is 5.94. The Morgan fingerprint density at radius 1 is 1.24 bits per heavy atom. The second-order valence-electron chi connectivity index (χ2n) is 5.19. The Morgan fingerprint density at radius 2 is 2.05 bits per heavy atom. The molecule has 1 aromatic heterocycles. The molecular formula is C16H16FN3O. The van der Waals surface area contributed by atoms with Crippen LogP contribution < -0.4 is 0 Å². The van der Waals surface area contributed by atoms with Crippen LogP contribution in [0, 0.1) is 12.7 Å². The van der Waals surface area contributed by atoms with Crippen LogP contribution in [0.4, 0.5) is 4.39 Å². The van der Waals surface area contributed by atoms with Gasteiger partial charge in [0.25, 0.3) is 5.91 Å². The SMILES string of the molecule is Cc1ncnc2c1CCN(C(=O)c1cccc(F)c1)CC2. The summed E-state index contributed by atoms with van der Waals surface area (Å²) in [5, 5.41) is 0. The van der Waals surface area contributed by atoms with Gasteiger partial charge in [0, 0.05) is 36.5 Å². The summed E-state index contributed by atoms with van der Waals surface area (Å²) >= 11 is 0. The van der Waals surface area contributed by atoms with E-state index < -0.39 is 0 Å². The topological polar surface area (TPSA) is 46.1 Å². The Hall–Kier alpha value is -2.30. The fraction of sp³-hybridized carbons (Fsp3) is 0.312. The van der Waals surface area contributed by atoms with Crippen LogP contribution in [0.2, 0.25) is 0 Å². The van der Waals surface area contributed by atoms with Crippen LogP contribution in [0.5, 0.6) is 0 Å². The summed E-state index contributed by atoms with van der Waals surface area (Å²) in [6.07, 6.45) is 3.01. The maximum Gasteiger partial charge on any atom is 0.253 e. The zero-order valence-corrected chi connectivity index (χ0v) is 11.8. The summed E-state index contributed by atoms with van der Waals surface area (Å²) in [6, 6.07) is 5.83. The van der Waals surface area contributed by atoms with Crippen molar-refractivity contribution in [3.8, 4) is 0 Å². The van der Waals surface area contributed by atoms with Gasteiger partial charge in [0.2, 0.25) is 0 Å². The van der Waals surface area contributed by atoms with Gasteiger partial charge in [-0.2, -0.15) is 0 Å². The minimum absolute atomic E-state index is 0.132. The van der Waals surface area contributed by atoms with Crippen molar-refractivity contribution in [2.75, 3.05) is 13.1 Å². The number of hydrogen-bond donors (Lipinski definition) is 0. The lowest BCUT2D eigenvalue weighted by molar-refractivity contribution is 0.0762. The molecule has 1 aliphatic rings. The van der Waals surface area contributed by atoms with E-state index in [0.29, 0.717) is 25.1 Å². The molecule has 4 nitrogen and oxygen atoms in total. The Labute approximate surface area is 122 Å². The number of aromatic nitrogens is 2. The standard InChI is InChI=1S/C16H16FN3O/c1-11-14-5-7-20(8-6-15(14)19-10-18-11)16(21)12-3-2-4-13(17)9-12/h2-4,9-10H,5-8H2,1H3. The van der Waals surface area contributed by atoms with Gasteiger partial charge in [0.1, 0.15) is 12.1 Å². The van der Waals surface area contributed by atoms with Gasteiger partial charge in [-0.15, -0.1) is 0 Å². The van der Waals surface area contributed by atoms with Gasteiger partial charge in [0.15, 0.2) is 0 Å². The van der Waals surface area contributed by atoms with Crippen LogP contribution in [0.15, 0.2) is 30.6 Å². The molecule has 0 saturated carbocycles. The van der Waals surface area contributed by atoms with Crippen molar-refractivity contribution < 1.29 is 9.18 Å². The molecule has 2 aromatic rings. The molecule has 2 heterocycles. The molecule has 0 spiro atoms. The molecule has 21 heavy (non-hydrogen) atoms. The van der Waals surface area contributed by atoms with E-state index in [4.69, 9.17) is 0 Å². The zero-order valence-electron chi connectivity index (χ0n) is 11.8. The number of carbonyl (C=O) groups is 1. The first-order valence-corrected chi connectivity index (χ1v) is 6.99. The van der Waals surface area contributed by atoms with Crippen molar-refractivity contribution in [1.82, 2.24) is 14.9 Å². The lowest BCUT2D eigenvalue weighted by Gasteiger charge is -2.20. The second kappa shape index (κ2) is 5.60. The van der Waals surface area contributed by atoms with Gasteiger partial charge in [-0.1, -0.05) is 6.07 Å². The molecule has 0 atom stereocenters. The molecule has 5 heteroatoms. The molecule has 0 fully saturated rings. The number of carbonyl (C=O) groups excluding carboxylic acids is 1. The lowest BCUT2D eigenvalue weighted by Crippen LogP contribution is -2.33. The van der Waals surface area contributed by atoms with E-state index in [2.05, 4.69) is 9.97 Å². The third-order valence-electron chi connectivity index (χ3n) is 3.86. The second-order valence-corrected chi connectivity index (χ2v) is 5.19. The highest BCUT2D eigenvalue weighted by Crippen LogP contribution is 2.17. The third kappa shape index (κ3) is 2.77. The maximum absolute atomic E-state index is 13.3. The Kier molecular flexibility index (Phi) is 3.64. The van der Waals surface area contributed by atoms with Crippen molar-refractivity contribution in [1.29, 1.82) is 0 Å². The summed E-state index contributed by atoms with van der Waals surface area (Å²) in [7, 11) is 0. The first-order chi connectivity index (χ1) is 10.1. The fourth-order valence-electron chi connectivity index (χ4n) is 2.70. The third-order valence-corrected chi connectivity index (χ3v) is 3.86. The maximum atomic E-state index is 13.3. The monoisotopic (exact) mass is 285 g/mol. The van der Waals surface area contributed by atoms with Crippen molar-refractivity contribution in [2.24, 2.45) is 0 Å². The fourth-order valence-corrected chi connectivity index (χ4v) is 2.70. The zero-order chi connectivity index (χ0) is 14.8. The molecule has 0 bridgehead atoms. The molecule has 3 rings (SSSR count). The van der Waals surface area contributed by atoms with E-state index in [-0.39, 0.29) is 11.7 Å². The van der Waals surface area contributed by atoms with Gasteiger partial charge in [-0.25, -0.2) is 14.4 Å². The average molecular weight is 285 g/mol. The van der Waals surface area contributed by atoms with Crippen LogP contribution >= 0.6 is 0 Å². The summed E-state index contributed by atoms with van der Waals surface area (Å²) < 4.78 is 13.3. The van der Waals surface area contributed by atoms with E-state index in [9.17, 15) is 9.18 Å².